The lowest BCUT2D eigenvalue weighted by Crippen LogP contribution is -2.28. The summed E-state index contributed by atoms with van der Waals surface area (Å²) in [5.41, 5.74) is 0.872. The van der Waals surface area contributed by atoms with Crippen molar-refractivity contribution in [2.45, 2.75) is 50.2 Å². The molecule has 1 fully saturated rings. The van der Waals surface area contributed by atoms with Crippen LogP contribution in [0.3, 0.4) is 0 Å². The van der Waals surface area contributed by atoms with E-state index >= 15 is 0 Å². The Morgan fingerprint density at radius 2 is 2.08 bits per heavy atom. The quantitative estimate of drug-likeness (QED) is 0.738. The summed E-state index contributed by atoms with van der Waals surface area (Å²) in [5, 5.41) is 10.7. The lowest BCUT2D eigenvalue weighted by molar-refractivity contribution is -0.119. The topological polar surface area (TPSA) is 70.7 Å². The van der Waals surface area contributed by atoms with Crippen LogP contribution in [-0.2, 0) is 11.2 Å². The minimum absolute atomic E-state index is 0.0935. The van der Waals surface area contributed by atoms with Gasteiger partial charge in [0.25, 0.3) is 0 Å². The second kappa shape index (κ2) is 8.47. The van der Waals surface area contributed by atoms with E-state index in [-0.39, 0.29) is 23.5 Å². The third-order valence-electron chi connectivity index (χ3n) is 4.55. The van der Waals surface area contributed by atoms with Crippen LogP contribution in [0.1, 0.15) is 50.0 Å². The van der Waals surface area contributed by atoms with Crippen molar-refractivity contribution in [1.29, 1.82) is 0 Å². The molecule has 3 rings (SSSR count). The molecule has 0 unspecified atom stereocenters. The number of hydrogen-bond donors (Lipinski definition) is 2. The highest BCUT2D eigenvalue weighted by Gasteiger charge is 2.18. The van der Waals surface area contributed by atoms with Gasteiger partial charge in [-0.05, 0) is 30.5 Å². The van der Waals surface area contributed by atoms with Crippen molar-refractivity contribution < 1.29 is 9.18 Å². The van der Waals surface area contributed by atoms with Crippen molar-refractivity contribution in [1.82, 2.24) is 20.5 Å². The Kier molecular flexibility index (Phi) is 6.07. The van der Waals surface area contributed by atoms with Gasteiger partial charge in [0.15, 0.2) is 0 Å². The first-order valence-electron chi connectivity index (χ1n) is 8.69. The van der Waals surface area contributed by atoms with E-state index in [1.807, 2.05) is 6.92 Å². The van der Waals surface area contributed by atoms with Crippen molar-refractivity contribution >= 4 is 17.7 Å². The predicted molar refractivity (Wildman–Crippen MR) is 95.7 cm³/mol. The highest BCUT2D eigenvalue weighted by molar-refractivity contribution is 7.99. The van der Waals surface area contributed by atoms with Gasteiger partial charge in [-0.1, -0.05) is 49.6 Å². The number of nitrogens with one attached hydrogen (secondary N) is 2. The highest BCUT2D eigenvalue weighted by atomic mass is 32.2. The van der Waals surface area contributed by atoms with Crippen LogP contribution in [0.25, 0.3) is 0 Å². The fourth-order valence-electron chi connectivity index (χ4n) is 3.17. The summed E-state index contributed by atoms with van der Waals surface area (Å²) in [6.45, 7) is 1.88. The number of nitrogens with zero attached hydrogens (tertiary/aromatic N) is 2. The molecule has 0 radical (unpaired) electrons. The number of rotatable bonds is 7. The van der Waals surface area contributed by atoms with Gasteiger partial charge in [0, 0.05) is 6.42 Å². The van der Waals surface area contributed by atoms with Crippen molar-refractivity contribution in [2.24, 2.45) is 5.92 Å². The molecule has 1 aromatic carbocycles. The van der Waals surface area contributed by atoms with Gasteiger partial charge in [-0.3, -0.25) is 9.89 Å². The molecule has 1 amide bonds. The zero-order chi connectivity index (χ0) is 17.6. The number of thioether (sulfide) groups is 1. The van der Waals surface area contributed by atoms with Crippen molar-refractivity contribution in [3.05, 3.63) is 41.5 Å². The maximum absolute atomic E-state index is 12.9. The zero-order valence-electron chi connectivity index (χ0n) is 14.3. The Morgan fingerprint density at radius 1 is 1.36 bits per heavy atom. The van der Waals surface area contributed by atoms with E-state index in [9.17, 15) is 9.18 Å². The van der Waals surface area contributed by atoms with Gasteiger partial charge in [-0.25, -0.2) is 9.37 Å². The SMILES string of the molecule is C[C@H](NC(=O)CSc1n[nH]c(CC2CCCC2)n1)c1ccc(F)cc1. The average molecular weight is 362 g/mol. The van der Waals surface area contributed by atoms with Crippen LogP contribution in [0.5, 0.6) is 0 Å². The van der Waals surface area contributed by atoms with Crippen molar-refractivity contribution in [2.75, 3.05) is 5.75 Å². The van der Waals surface area contributed by atoms with Crippen LogP contribution < -0.4 is 5.32 Å². The Hall–Kier alpha value is -1.89. The van der Waals surface area contributed by atoms with E-state index in [0.29, 0.717) is 11.1 Å². The first kappa shape index (κ1) is 17.9. The van der Waals surface area contributed by atoms with Crippen molar-refractivity contribution in [3.8, 4) is 0 Å². The Morgan fingerprint density at radius 3 is 2.80 bits per heavy atom. The first-order valence-corrected chi connectivity index (χ1v) is 9.67. The molecule has 2 aromatic rings. The molecule has 0 bridgehead atoms. The zero-order valence-corrected chi connectivity index (χ0v) is 15.1. The summed E-state index contributed by atoms with van der Waals surface area (Å²) in [7, 11) is 0. The van der Waals surface area contributed by atoms with Crippen LogP contribution in [0.4, 0.5) is 4.39 Å². The van der Waals surface area contributed by atoms with Gasteiger partial charge < -0.3 is 5.32 Å². The highest BCUT2D eigenvalue weighted by Crippen LogP contribution is 2.27. The minimum atomic E-state index is -0.282. The maximum Gasteiger partial charge on any atom is 0.230 e. The molecule has 0 aliphatic heterocycles. The van der Waals surface area contributed by atoms with Gasteiger partial charge in [0.2, 0.25) is 11.1 Å². The number of hydrogen-bond acceptors (Lipinski definition) is 4. The number of carbonyl (C=O) groups excluding carboxylic acids is 1. The predicted octanol–water partition coefficient (Wildman–Crippen LogP) is 3.65. The number of carbonyl (C=O) groups is 1. The molecular weight excluding hydrogens is 339 g/mol. The monoisotopic (exact) mass is 362 g/mol. The fourth-order valence-corrected chi connectivity index (χ4v) is 3.80. The number of aromatic amines is 1. The minimum Gasteiger partial charge on any atom is -0.349 e. The summed E-state index contributed by atoms with van der Waals surface area (Å²) >= 11 is 1.32. The summed E-state index contributed by atoms with van der Waals surface area (Å²) in [6, 6.07) is 5.98. The molecule has 1 atom stereocenters. The molecule has 7 heteroatoms. The molecule has 1 aromatic heterocycles. The number of amides is 1. The molecule has 134 valence electrons. The third-order valence-corrected chi connectivity index (χ3v) is 5.40. The van der Waals surface area contributed by atoms with Gasteiger partial charge in [0.05, 0.1) is 11.8 Å². The van der Waals surface area contributed by atoms with Crippen LogP contribution in [0, 0.1) is 11.7 Å². The standard InChI is InChI=1S/C18H23FN4OS/c1-12(14-6-8-15(19)9-7-14)20-17(24)11-25-18-21-16(22-23-18)10-13-4-2-3-5-13/h6-9,12-13H,2-5,10-11H2,1H3,(H,20,24)(H,21,22,23)/t12-/m0/s1. The van der Waals surface area contributed by atoms with Gasteiger partial charge in [0.1, 0.15) is 11.6 Å². The maximum atomic E-state index is 12.9. The summed E-state index contributed by atoms with van der Waals surface area (Å²) < 4.78 is 12.9. The van der Waals surface area contributed by atoms with Crippen LogP contribution in [0.15, 0.2) is 29.4 Å². The van der Waals surface area contributed by atoms with Gasteiger partial charge in [-0.15, -0.1) is 5.10 Å². The lowest BCUT2D eigenvalue weighted by Gasteiger charge is -2.13. The average Bonchev–Trinajstić information content (AvgIpc) is 3.26. The van der Waals surface area contributed by atoms with E-state index < -0.39 is 0 Å². The van der Waals surface area contributed by atoms with E-state index in [1.165, 1.54) is 49.6 Å². The number of benzene rings is 1. The van der Waals surface area contributed by atoms with Gasteiger partial charge in [-0.2, -0.15) is 0 Å². The van der Waals surface area contributed by atoms with Crippen LogP contribution in [-0.4, -0.2) is 26.8 Å². The largest absolute Gasteiger partial charge is 0.349 e. The number of halogens is 1. The summed E-state index contributed by atoms with van der Waals surface area (Å²) in [4.78, 5) is 16.5. The second-order valence-electron chi connectivity index (χ2n) is 6.55. The molecule has 1 aliphatic carbocycles. The van der Waals surface area contributed by atoms with E-state index in [0.717, 1.165) is 17.8 Å². The Bertz CT molecular complexity index is 697. The molecule has 1 aliphatic rings. The first-order chi connectivity index (χ1) is 12.1. The third kappa shape index (κ3) is 5.29. The van der Waals surface area contributed by atoms with Gasteiger partial charge >= 0.3 is 0 Å². The van der Waals surface area contributed by atoms with Crippen LogP contribution in [0.2, 0.25) is 0 Å². The molecule has 2 N–H and O–H groups in total. The van der Waals surface area contributed by atoms with Crippen LogP contribution >= 0.6 is 11.8 Å². The normalized spacial score (nSPS) is 16.1. The molecule has 1 heterocycles. The van der Waals surface area contributed by atoms with E-state index in [1.54, 1.807) is 12.1 Å². The Labute approximate surface area is 151 Å². The smallest absolute Gasteiger partial charge is 0.230 e. The molecule has 1 saturated carbocycles. The number of aromatic nitrogens is 3. The Balaban J connectivity index is 1.44. The molecule has 5 nitrogen and oxygen atoms in total. The number of H-pyrrole nitrogens is 1. The summed E-state index contributed by atoms with van der Waals surface area (Å²) in [6.07, 6.45) is 6.11. The fraction of sp³-hybridized carbons (Fsp3) is 0.500. The molecule has 25 heavy (non-hydrogen) atoms. The van der Waals surface area contributed by atoms with E-state index in [4.69, 9.17) is 0 Å². The van der Waals surface area contributed by atoms with E-state index in [2.05, 4.69) is 20.5 Å². The lowest BCUT2D eigenvalue weighted by atomic mass is 10.0. The summed E-state index contributed by atoms with van der Waals surface area (Å²) in [5.74, 6) is 1.51. The van der Waals surface area contributed by atoms with Crippen molar-refractivity contribution in [3.63, 3.8) is 0 Å². The molecule has 0 spiro atoms. The molecular formula is C18H23FN4OS. The second-order valence-corrected chi connectivity index (χ2v) is 7.49. The molecule has 0 saturated heterocycles.